The van der Waals surface area contributed by atoms with E-state index < -0.39 is 0 Å². The minimum absolute atomic E-state index is 0.854. The number of allylic oxidation sites excluding steroid dienone is 2. The first-order chi connectivity index (χ1) is 8.43. The maximum absolute atomic E-state index is 5.41. The van der Waals surface area contributed by atoms with E-state index >= 15 is 0 Å². The van der Waals surface area contributed by atoms with Gasteiger partial charge in [0, 0.05) is 11.6 Å². The van der Waals surface area contributed by atoms with Gasteiger partial charge in [0.05, 0.1) is 0 Å². The summed E-state index contributed by atoms with van der Waals surface area (Å²) in [6, 6.07) is 12.2. The fourth-order valence-corrected chi connectivity index (χ4v) is 2.24. The Labute approximate surface area is 101 Å². The highest BCUT2D eigenvalue weighted by Crippen LogP contribution is 2.29. The molecule has 3 rings (SSSR count). The Hall–Kier alpha value is -1.83. The molecule has 0 saturated heterocycles. The molecular formula is C15H15NO. The van der Waals surface area contributed by atoms with Gasteiger partial charge in [-0.15, -0.1) is 0 Å². The Morgan fingerprint density at radius 3 is 2.71 bits per heavy atom. The topological polar surface area (TPSA) is 26.0 Å². The third-order valence-corrected chi connectivity index (χ3v) is 3.19. The van der Waals surface area contributed by atoms with Gasteiger partial charge in [0.25, 0.3) is 0 Å². The van der Waals surface area contributed by atoms with Crippen LogP contribution < -0.4 is 0 Å². The molecule has 1 heterocycles. The predicted octanol–water partition coefficient (Wildman–Crippen LogP) is 4.30. The molecule has 0 N–H and O–H groups in total. The molecule has 2 heteroatoms. The highest BCUT2D eigenvalue weighted by atomic mass is 16.5. The summed E-state index contributed by atoms with van der Waals surface area (Å²) < 4.78 is 5.41. The molecule has 1 aromatic carbocycles. The van der Waals surface area contributed by atoms with Crippen molar-refractivity contribution >= 4 is 5.57 Å². The molecule has 0 amide bonds. The Balaban J connectivity index is 1.90. The van der Waals surface area contributed by atoms with Crippen molar-refractivity contribution in [1.29, 1.82) is 0 Å². The minimum Gasteiger partial charge on any atom is -0.356 e. The number of nitrogens with zero attached hydrogens (tertiary/aromatic N) is 1. The van der Waals surface area contributed by atoms with Crippen LogP contribution in [-0.4, -0.2) is 5.16 Å². The van der Waals surface area contributed by atoms with E-state index in [1.165, 1.54) is 24.8 Å². The third-order valence-electron chi connectivity index (χ3n) is 3.19. The molecule has 0 unspecified atom stereocenters. The SMILES string of the molecule is C1=C(c2cc(-c3ccccc3)on2)CCCC1. The van der Waals surface area contributed by atoms with Crippen LogP contribution in [0.1, 0.15) is 31.4 Å². The Morgan fingerprint density at radius 2 is 1.94 bits per heavy atom. The maximum atomic E-state index is 5.41. The first kappa shape index (κ1) is 10.3. The van der Waals surface area contributed by atoms with Crippen LogP contribution in [0, 0.1) is 0 Å². The van der Waals surface area contributed by atoms with Crippen molar-refractivity contribution < 1.29 is 4.52 Å². The Morgan fingerprint density at radius 1 is 1.06 bits per heavy atom. The first-order valence-electron chi connectivity index (χ1n) is 6.15. The van der Waals surface area contributed by atoms with Gasteiger partial charge >= 0.3 is 0 Å². The lowest BCUT2D eigenvalue weighted by atomic mass is 9.97. The smallest absolute Gasteiger partial charge is 0.167 e. The van der Waals surface area contributed by atoms with Gasteiger partial charge in [-0.25, -0.2) is 0 Å². The van der Waals surface area contributed by atoms with Crippen LogP contribution in [0.3, 0.4) is 0 Å². The maximum Gasteiger partial charge on any atom is 0.167 e. The van der Waals surface area contributed by atoms with Gasteiger partial charge in [-0.1, -0.05) is 41.6 Å². The molecule has 0 radical (unpaired) electrons. The van der Waals surface area contributed by atoms with Crippen molar-refractivity contribution in [2.45, 2.75) is 25.7 Å². The third kappa shape index (κ3) is 2.16. The summed E-state index contributed by atoms with van der Waals surface area (Å²) in [7, 11) is 0. The number of benzene rings is 1. The molecule has 1 aliphatic rings. The lowest BCUT2D eigenvalue weighted by molar-refractivity contribution is 0.429. The van der Waals surface area contributed by atoms with Crippen molar-refractivity contribution in [3.63, 3.8) is 0 Å². The minimum atomic E-state index is 0.854. The highest BCUT2D eigenvalue weighted by molar-refractivity contribution is 5.67. The fraction of sp³-hybridized carbons (Fsp3) is 0.267. The van der Waals surface area contributed by atoms with E-state index in [0.29, 0.717) is 0 Å². The molecule has 2 aromatic rings. The largest absolute Gasteiger partial charge is 0.356 e. The first-order valence-corrected chi connectivity index (χ1v) is 6.15. The van der Waals surface area contributed by atoms with Crippen LogP contribution in [0.5, 0.6) is 0 Å². The fourth-order valence-electron chi connectivity index (χ4n) is 2.24. The second kappa shape index (κ2) is 4.58. The predicted molar refractivity (Wildman–Crippen MR) is 68.4 cm³/mol. The quantitative estimate of drug-likeness (QED) is 0.761. The van der Waals surface area contributed by atoms with E-state index in [1.54, 1.807) is 0 Å². The van der Waals surface area contributed by atoms with E-state index in [0.717, 1.165) is 23.4 Å². The van der Waals surface area contributed by atoms with E-state index in [2.05, 4.69) is 11.2 Å². The molecule has 0 spiro atoms. The zero-order valence-electron chi connectivity index (χ0n) is 9.73. The summed E-state index contributed by atoms with van der Waals surface area (Å²) in [6.45, 7) is 0. The van der Waals surface area contributed by atoms with Crippen LogP contribution in [0.4, 0.5) is 0 Å². The van der Waals surface area contributed by atoms with E-state index in [4.69, 9.17) is 4.52 Å². The van der Waals surface area contributed by atoms with Gasteiger partial charge in [0.1, 0.15) is 5.69 Å². The van der Waals surface area contributed by atoms with Crippen LogP contribution in [0.15, 0.2) is 47.0 Å². The molecule has 86 valence electrons. The molecule has 1 aromatic heterocycles. The van der Waals surface area contributed by atoms with E-state index in [1.807, 2.05) is 36.4 Å². The summed E-state index contributed by atoms with van der Waals surface area (Å²) >= 11 is 0. The zero-order valence-corrected chi connectivity index (χ0v) is 9.73. The number of aromatic nitrogens is 1. The number of rotatable bonds is 2. The van der Waals surface area contributed by atoms with Gasteiger partial charge in [-0.3, -0.25) is 0 Å². The molecule has 0 bridgehead atoms. The van der Waals surface area contributed by atoms with Gasteiger partial charge in [0.15, 0.2) is 5.76 Å². The lowest BCUT2D eigenvalue weighted by Gasteiger charge is -2.08. The van der Waals surface area contributed by atoms with E-state index in [-0.39, 0.29) is 0 Å². The van der Waals surface area contributed by atoms with E-state index in [9.17, 15) is 0 Å². The lowest BCUT2D eigenvalue weighted by Crippen LogP contribution is -1.91. The number of hydrogen-bond donors (Lipinski definition) is 0. The molecule has 0 aliphatic heterocycles. The molecule has 17 heavy (non-hydrogen) atoms. The van der Waals surface area contributed by atoms with Gasteiger partial charge in [0.2, 0.25) is 0 Å². The second-order valence-corrected chi connectivity index (χ2v) is 4.42. The van der Waals surface area contributed by atoms with Crippen molar-refractivity contribution in [2.75, 3.05) is 0 Å². The standard InChI is InChI=1S/C15H15NO/c1-3-7-12(8-4-1)14-11-15(17-16-14)13-9-5-2-6-10-13/h2,5-7,9-11H,1,3-4,8H2. The molecule has 0 saturated carbocycles. The Kier molecular flexibility index (Phi) is 2.78. The van der Waals surface area contributed by atoms with Crippen molar-refractivity contribution in [3.05, 3.63) is 48.2 Å². The molecule has 0 fully saturated rings. The summed E-state index contributed by atoms with van der Waals surface area (Å²) in [6.07, 6.45) is 7.14. The van der Waals surface area contributed by atoms with Crippen molar-refractivity contribution in [2.24, 2.45) is 0 Å². The molecule has 1 aliphatic carbocycles. The molecule has 0 atom stereocenters. The highest BCUT2D eigenvalue weighted by Gasteiger charge is 2.12. The normalized spacial score (nSPS) is 15.6. The van der Waals surface area contributed by atoms with Crippen LogP contribution in [-0.2, 0) is 0 Å². The summed E-state index contributed by atoms with van der Waals surface area (Å²) in [5.41, 5.74) is 3.42. The second-order valence-electron chi connectivity index (χ2n) is 4.42. The molecule has 2 nitrogen and oxygen atoms in total. The van der Waals surface area contributed by atoms with Crippen molar-refractivity contribution in [3.8, 4) is 11.3 Å². The molecular weight excluding hydrogens is 210 g/mol. The Bertz CT molecular complexity index is 525. The number of hydrogen-bond acceptors (Lipinski definition) is 2. The van der Waals surface area contributed by atoms with Crippen LogP contribution in [0.25, 0.3) is 16.9 Å². The van der Waals surface area contributed by atoms with Crippen LogP contribution in [0.2, 0.25) is 0 Å². The van der Waals surface area contributed by atoms with Gasteiger partial charge < -0.3 is 4.52 Å². The van der Waals surface area contributed by atoms with Gasteiger partial charge in [-0.05, 0) is 31.3 Å². The monoisotopic (exact) mass is 225 g/mol. The zero-order chi connectivity index (χ0) is 11.5. The average Bonchev–Trinajstić information content (AvgIpc) is 2.90. The summed E-state index contributed by atoms with van der Waals surface area (Å²) in [4.78, 5) is 0. The van der Waals surface area contributed by atoms with Crippen LogP contribution >= 0.6 is 0 Å². The summed E-state index contributed by atoms with van der Waals surface area (Å²) in [5.74, 6) is 0.854. The average molecular weight is 225 g/mol. The van der Waals surface area contributed by atoms with Crippen molar-refractivity contribution in [1.82, 2.24) is 5.16 Å². The van der Waals surface area contributed by atoms with Gasteiger partial charge in [-0.2, -0.15) is 0 Å². The summed E-state index contributed by atoms with van der Waals surface area (Å²) in [5, 5.41) is 4.17.